The van der Waals surface area contributed by atoms with Crippen LogP contribution in [0.15, 0.2) is 18.2 Å². The maximum atomic E-state index is 9.92. The molecule has 84 valence electrons. The van der Waals surface area contributed by atoms with Gasteiger partial charge < -0.3 is 5.11 Å². The van der Waals surface area contributed by atoms with E-state index in [1.54, 1.807) is 0 Å². The van der Waals surface area contributed by atoms with Gasteiger partial charge in [0.2, 0.25) is 0 Å². The number of aryl methyl sites for hydroxylation is 2. The first-order valence-corrected chi connectivity index (χ1v) is 5.74. The highest BCUT2D eigenvalue weighted by atomic mass is 16.3. The molecule has 0 aliphatic rings. The van der Waals surface area contributed by atoms with Gasteiger partial charge >= 0.3 is 0 Å². The van der Waals surface area contributed by atoms with Crippen molar-refractivity contribution in [3.8, 4) is 0 Å². The van der Waals surface area contributed by atoms with Gasteiger partial charge in [0.25, 0.3) is 0 Å². The number of aliphatic hydroxyl groups is 1. The highest BCUT2D eigenvalue weighted by Gasteiger charge is 2.10. The van der Waals surface area contributed by atoms with Gasteiger partial charge in [-0.2, -0.15) is 0 Å². The van der Waals surface area contributed by atoms with Crippen LogP contribution in [0, 0.1) is 19.8 Å². The summed E-state index contributed by atoms with van der Waals surface area (Å²) in [6.07, 6.45) is 1.47. The minimum atomic E-state index is -0.204. The van der Waals surface area contributed by atoms with Gasteiger partial charge in [-0.25, -0.2) is 0 Å². The van der Waals surface area contributed by atoms with Crippen LogP contribution in [0.4, 0.5) is 0 Å². The molecule has 0 aliphatic carbocycles. The molecule has 0 saturated carbocycles. The van der Waals surface area contributed by atoms with E-state index in [2.05, 4.69) is 45.9 Å². The molecule has 0 spiro atoms. The zero-order valence-corrected chi connectivity index (χ0v) is 10.2. The third kappa shape index (κ3) is 3.67. The first kappa shape index (κ1) is 12.3. The van der Waals surface area contributed by atoms with E-state index in [-0.39, 0.29) is 6.10 Å². The normalized spacial score (nSPS) is 13.2. The summed E-state index contributed by atoms with van der Waals surface area (Å²) in [7, 11) is 0. The Balaban J connectivity index is 2.71. The van der Waals surface area contributed by atoms with Crippen LogP contribution in [-0.2, 0) is 6.42 Å². The van der Waals surface area contributed by atoms with Gasteiger partial charge in [-0.1, -0.05) is 32.0 Å². The van der Waals surface area contributed by atoms with Crippen LogP contribution < -0.4 is 0 Å². The first-order chi connectivity index (χ1) is 7.00. The lowest BCUT2D eigenvalue weighted by molar-refractivity contribution is 0.149. The molecular formula is C14H22O. The maximum Gasteiger partial charge on any atom is 0.0583 e. The van der Waals surface area contributed by atoms with E-state index in [1.165, 1.54) is 16.7 Å². The molecule has 0 radical (unpaired) electrons. The zero-order valence-electron chi connectivity index (χ0n) is 10.2. The summed E-state index contributed by atoms with van der Waals surface area (Å²) in [5, 5.41) is 9.92. The Hall–Kier alpha value is -0.820. The summed E-state index contributed by atoms with van der Waals surface area (Å²) in [4.78, 5) is 0. The largest absolute Gasteiger partial charge is 0.393 e. The van der Waals surface area contributed by atoms with Crippen molar-refractivity contribution in [3.05, 3.63) is 34.9 Å². The summed E-state index contributed by atoms with van der Waals surface area (Å²) in [6, 6.07) is 6.30. The predicted molar refractivity (Wildman–Crippen MR) is 65.1 cm³/mol. The lowest BCUT2D eigenvalue weighted by Crippen LogP contribution is -2.14. The van der Waals surface area contributed by atoms with Crippen LogP contribution in [0.1, 0.15) is 37.0 Å². The molecule has 1 unspecified atom stereocenters. The van der Waals surface area contributed by atoms with Crippen molar-refractivity contribution in [3.63, 3.8) is 0 Å². The highest BCUT2D eigenvalue weighted by molar-refractivity contribution is 5.33. The van der Waals surface area contributed by atoms with Crippen molar-refractivity contribution in [1.82, 2.24) is 0 Å². The molecule has 0 aliphatic heterocycles. The van der Waals surface area contributed by atoms with Crippen LogP contribution in [-0.4, -0.2) is 11.2 Å². The Morgan fingerprint density at radius 1 is 1.13 bits per heavy atom. The highest BCUT2D eigenvalue weighted by Crippen LogP contribution is 2.17. The zero-order chi connectivity index (χ0) is 11.4. The first-order valence-electron chi connectivity index (χ1n) is 5.74. The predicted octanol–water partition coefficient (Wildman–Crippen LogP) is 3.25. The molecule has 1 atom stereocenters. The smallest absolute Gasteiger partial charge is 0.0583 e. The van der Waals surface area contributed by atoms with E-state index in [0.29, 0.717) is 5.92 Å². The van der Waals surface area contributed by atoms with E-state index < -0.39 is 0 Å². The summed E-state index contributed by atoms with van der Waals surface area (Å²) in [5.41, 5.74) is 3.89. The number of rotatable bonds is 4. The Kier molecular flexibility index (Phi) is 4.34. The number of benzene rings is 1. The Bertz CT molecular complexity index is 295. The second-order valence-electron chi connectivity index (χ2n) is 4.86. The maximum absolute atomic E-state index is 9.92. The SMILES string of the molecule is Cc1cccc(C)c1CC(O)CC(C)C. The van der Waals surface area contributed by atoms with Crippen LogP contribution in [0.2, 0.25) is 0 Å². The monoisotopic (exact) mass is 206 g/mol. The summed E-state index contributed by atoms with van der Waals surface area (Å²) < 4.78 is 0. The number of aliphatic hydroxyl groups excluding tert-OH is 1. The Morgan fingerprint density at radius 2 is 1.67 bits per heavy atom. The second kappa shape index (κ2) is 5.32. The van der Waals surface area contributed by atoms with Gasteiger partial charge in [0, 0.05) is 0 Å². The lowest BCUT2D eigenvalue weighted by atomic mass is 9.94. The van der Waals surface area contributed by atoms with Crippen LogP contribution >= 0.6 is 0 Å². The van der Waals surface area contributed by atoms with Crippen molar-refractivity contribution in [2.24, 2.45) is 5.92 Å². The van der Waals surface area contributed by atoms with Crippen molar-refractivity contribution in [2.75, 3.05) is 0 Å². The molecule has 0 heterocycles. The standard InChI is InChI=1S/C14H22O/c1-10(2)8-13(15)9-14-11(3)6-5-7-12(14)4/h5-7,10,13,15H,8-9H2,1-4H3. The fraction of sp³-hybridized carbons (Fsp3) is 0.571. The van der Waals surface area contributed by atoms with Crippen LogP contribution in [0.25, 0.3) is 0 Å². The third-order valence-electron chi connectivity index (χ3n) is 2.83. The van der Waals surface area contributed by atoms with Crippen molar-refractivity contribution in [2.45, 2.75) is 46.6 Å². The van der Waals surface area contributed by atoms with Gasteiger partial charge in [-0.05, 0) is 49.3 Å². The van der Waals surface area contributed by atoms with E-state index >= 15 is 0 Å². The quantitative estimate of drug-likeness (QED) is 0.801. The molecule has 1 heteroatoms. The summed E-state index contributed by atoms with van der Waals surface area (Å²) in [5.74, 6) is 0.560. The molecule has 0 saturated heterocycles. The molecule has 1 rings (SSSR count). The Morgan fingerprint density at radius 3 is 2.13 bits per heavy atom. The molecule has 1 aromatic rings. The third-order valence-corrected chi connectivity index (χ3v) is 2.83. The molecular weight excluding hydrogens is 184 g/mol. The average Bonchev–Trinajstić information content (AvgIpc) is 2.10. The van der Waals surface area contributed by atoms with Gasteiger partial charge in [0.15, 0.2) is 0 Å². The summed E-state index contributed by atoms with van der Waals surface area (Å²) >= 11 is 0. The van der Waals surface area contributed by atoms with E-state index in [9.17, 15) is 5.11 Å². The fourth-order valence-corrected chi connectivity index (χ4v) is 2.03. The molecule has 15 heavy (non-hydrogen) atoms. The molecule has 0 fully saturated rings. The van der Waals surface area contributed by atoms with E-state index in [4.69, 9.17) is 0 Å². The molecule has 0 amide bonds. The van der Waals surface area contributed by atoms with Crippen LogP contribution in [0.5, 0.6) is 0 Å². The van der Waals surface area contributed by atoms with Gasteiger partial charge in [-0.3, -0.25) is 0 Å². The minimum Gasteiger partial charge on any atom is -0.393 e. The van der Waals surface area contributed by atoms with Crippen LogP contribution in [0.3, 0.4) is 0 Å². The summed E-state index contributed by atoms with van der Waals surface area (Å²) in [6.45, 7) is 8.52. The minimum absolute atomic E-state index is 0.204. The van der Waals surface area contributed by atoms with Crippen molar-refractivity contribution < 1.29 is 5.11 Å². The van der Waals surface area contributed by atoms with E-state index in [1.807, 2.05) is 0 Å². The van der Waals surface area contributed by atoms with Gasteiger partial charge in [0.05, 0.1) is 6.10 Å². The lowest BCUT2D eigenvalue weighted by Gasteiger charge is -2.16. The number of hydrogen-bond acceptors (Lipinski definition) is 1. The van der Waals surface area contributed by atoms with E-state index in [0.717, 1.165) is 12.8 Å². The Labute approximate surface area is 93.1 Å². The molecule has 1 N–H and O–H groups in total. The van der Waals surface area contributed by atoms with Gasteiger partial charge in [-0.15, -0.1) is 0 Å². The molecule has 1 nitrogen and oxygen atoms in total. The average molecular weight is 206 g/mol. The molecule has 0 aromatic heterocycles. The fourth-order valence-electron chi connectivity index (χ4n) is 2.03. The molecule has 0 bridgehead atoms. The molecule has 1 aromatic carbocycles. The second-order valence-corrected chi connectivity index (χ2v) is 4.86. The topological polar surface area (TPSA) is 20.2 Å². The van der Waals surface area contributed by atoms with Crippen molar-refractivity contribution >= 4 is 0 Å². The van der Waals surface area contributed by atoms with Crippen molar-refractivity contribution in [1.29, 1.82) is 0 Å². The van der Waals surface area contributed by atoms with Gasteiger partial charge in [0.1, 0.15) is 0 Å². The number of hydrogen-bond donors (Lipinski definition) is 1.